The van der Waals surface area contributed by atoms with Gasteiger partial charge in [-0.2, -0.15) is 0 Å². The van der Waals surface area contributed by atoms with Crippen molar-refractivity contribution in [2.75, 3.05) is 18.2 Å². The first-order valence-electron chi connectivity index (χ1n) is 8.39. The summed E-state index contributed by atoms with van der Waals surface area (Å²) < 4.78 is 30.0. The molecule has 6 nitrogen and oxygen atoms in total. The summed E-state index contributed by atoms with van der Waals surface area (Å²) >= 11 is 1.40. The highest BCUT2D eigenvalue weighted by Crippen LogP contribution is 2.34. The lowest BCUT2D eigenvalue weighted by atomic mass is 10.1. The summed E-state index contributed by atoms with van der Waals surface area (Å²) in [5.41, 5.74) is 2.53. The summed E-state index contributed by atoms with van der Waals surface area (Å²) in [4.78, 5) is 17.1. The number of aromatic nitrogens is 1. The largest absolute Gasteiger partial charge is 0.494 e. The molecule has 0 fully saturated rings. The number of hydrogen-bond donors (Lipinski definition) is 1. The monoisotopic (exact) mass is 404 g/mol. The molecule has 0 saturated carbocycles. The minimum absolute atomic E-state index is 0.0489. The Morgan fingerprint density at radius 1 is 1.19 bits per heavy atom. The SMILES string of the molecule is CCS(=O)(=O)c1ccc(CC(=O)Nc2nc3c(OC)ccc(C)c3s2)cc1. The van der Waals surface area contributed by atoms with E-state index in [2.05, 4.69) is 10.3 Å². The summed E-state index contributed by atoms with van der Waals surface area (Å²) in [5, 5.41) is 3.32. The number of carbonyl (C=O) groups is 1. The van der Waals surface area contributed by atoms with E-state index in [1.165, 1.54) is 23.5 Å². The number of carbonyl (C=O) groups excluding carboxylic acids is 1. The van der Waals surface area contributed by atoms with Crippen LogP contribution in [-0.2, 0) is 21.1 Å². The maximum atomic E-state index is 12.3. The van der Waals surface area contributed by atoms with E-state index in [4.69, 9.17) is 4.74 Å². The van der Waals surface area contributed by atoms with Crippen LogP contribution >= 0.6 is 11.3 Å². The van der Waals surface area contributed by atoms with Gasteiger partial charge in [0.1, 0.15) is 11.3 Å². The van der Waals surface area contributed by atoms with Crippen LogP contribution in [0.25, 0.3) is 10.2 Å². The molecule has 0 aliphatic rings. The van der Waals surface area contributed by atoms with Crippen molar-refractivity contribution in [2.45, 2.75) is 25.2 Å². The highest BCUT2D eigenvalue weighted by molar-refractivity contribution is 7.91. The van der Waals surface area contributed by atoms with Gasteiger partial charge in [0.05, 0.1) is 28.9 Å². The zero-order chi connectivity index (χ0) is 19.6. The van der Waals surface area contributed by atoms with Crippen molar-refractivity contribution in [3.05, 3.63) is 47.5 Å². The van der Waals surface area contributed by atoms with Crippen molar-refractivity contribution in [1.29, 1.82) is 0 Å². The molecule has 27 heavy (non-hydrogen) atoms. The predicted octanol–water partition coefficient (Wildman–Crippen LogP) is 3.59. The van der Waals surface area contributed by atoms with Crippen LogP contribution in [0.4, 0.5) is 5.13 Å². The fourth-order valence-electron chi connectivity index (χ4n) is 2.66. The van der Waals surface area contributed by atoms with Crippen molar-refractivity contribution >= 4 is 42.4 Å². The van der Waals surface area contributed by atoms with Gasteiger partial charge in [-0.15, -0.1) is 0 Å². The number of hydrogen-bond acceptors (Lipinski definition) is 6. The Kier molecular flexibility index (Phi) is 5.48. The Morgan fingerprint density at radius 2 is 1.89 bits per heavy atom. The zero-order valence-electron chi connectivity index (χ0n) is 15.3. The molecule has 0 radical (unpaired) electrons. The minimum atomic E-state index is -3.24. The average Bonchev–Trinajstić information content (AvgIpc) is 3.07. The molecule has 0 aliphatic heterocycles. The Hall–Kier alpha value is -2.45. The Bertz CT molecular complexity index is 1090. The summed E-state index contributed by atoms with van der Waals surface area (Å²) in [5.74, 6) is 0.504. The van der Waals surface area contributed by atoms with Crippen LogP contribution in [0.15, 0.2) is 41.3 Å². The number of nitrogens with zero attached hydrogens (tertiary/aromatic N) is 1. The molecule has 0 saturated heterocycles. The molecule has 1 N–H and O–H groups in total. The molecule has 3 aromatic rings. The first kappa shape index (κ1) is 19.3. The number of benzene rings is 2. The number of nitrogens with one attached hydrogen (secondary N) is 1. The second-order valence-electron chi connectivity index (χ2n) is 6.05. The third kappa shape index (κ3) is 4.12. The van der Waals surface area contributed by atoms with Crippen molar-refractivity contribution in [3.8, 4) is 5.75 Å². The van der Waals surface area contributed by atoms with Crippen LogP contribution < -0.4 is 10.1 Å². The number of fused-ring (bicyclic) bond motifs is 1. The van der Waals surface area contributed by atoms with Crippen molar-refractivity contribution in [3.63, 3.8) is 0 Å². The molecule has 0 spiro atoms. The van der Waals surface area contributed by atoms with Crippen LogP contribution in [0, 0.1) is 6.92 Å². The summed E-state index contributed by atoms with van der Waals surface area (Å²) in [6, 6.07) is 10.2. The van der Waals surface area contributed by atoms with Gasteiger partial charge in [0.25, 0.3) is 0 Å². The second-order valence-corrected chi connectivity index (χ2v) is 9.33. The Morgan fingerprint density at radius 3 is 2.52 bits per heavy atom. The molecular weight excluding hydrogens is 384 g/mol. The van der Waals surface area contributed by atoms with E-state index in [-0.39, 0.29) is 23.0 Å². The molecule has 1 heterocycles. The number of amides is 1. The van der Waals surface area contributed by atoms with Gasteiger partial charge >= 0.3 is 0 Å². The van der Waals surface area contributed by atoms with Gasteiger partial charge in [0.2, 0.25) is 5.91 Å². The Labute approximate surface area is 162 Å². The van der Waals surface area contributed by atoms with Crippen LogP contribution in [0.1, 0.15) is 18.1 Å². The second kappa shape index (κ2) is 7.66. The Balaban J connectivity index is 1.74. The lowest BCUT2D eigenvalue weighted by Gasteiger charge is -2.04. The van der Waals surface area contributed by atoms with Crippen LogP contribution in [-0.4, -0.2) is 32.2 Å². The predicted molar refractivity (Wildman–Crippen MR) is 107 cm³/mol. The lowest BCUT2D eigenvalue weighted by Crippen LogP contribution is -2.14. The maximum Gasteiger partial charge on any atom is 0.230 e. The molecule has 1 aromatic heterocycles. The van der Waals surface area contributed by atoms with Gasteiger partial charge in [-0.3, -0.25) is 4.79 Å². The molecular formula is C19H20N2O4S2. The van der Waals surface area contributed by atoms with Crippen molar-refractivity contribution in [1.82, 2.24) is 4.98 Å². The van der Waals surface area contributed by atoms with Crippen molar-refractivity contribution in [2.24, 2.45) is 0 Å². The van der Waals surface area contributed by atoms with Crippen LogP contribution in [0.3, 0.4) is 0 Å². The van der Waals surface area contributed by atoms with Crippen LogP contribution in [0.5, 0.6) is 5.75 Å². The molecule has 0 bridgehead atoms. The molecule has 0 aliphatic carbocycles. The quantitative estimate of drug-likeness (QED) is 0.679. The fourth-order valence-corrected chi connectivity index (χ4v) is 4.51. The van der Waals surface area contributed by atoms with Crippen molar-refractivity contribution < 1.29 is 17.9 Å². The van der Waals surface area contributed by atoms with Gasteiger partial charge in [-0.1, -0.05) is 36.5 Å². The smallest absolute Gasteiger partial charge is 0.230 e. The van der Waals surface area contributed by atoms with E-state index in [0.717, 1.165) is 21.3 Å². The fraction of sp³-hybridized carbons (Fsp3) is 0.263. The maximum absolute atomic E-state index is 12.3. The van der Waals surface area contributed by atoms with E-state index in [0.29, 0.717) is 10.9 Å². The third-order valence-electron chi connectivity index (χ3n) is 4.20. The van der Waals surface area contributed by atoms with Gasteiger partial charge in [-0.05, 0) is 36.2 Å². The van der Waals surface area contributed by atoms with E-state index in [1.54, 1.807) is 26.2 Å². The number of sulfone groups is 1. The van der Waals surface area contributed by atoms with E-state index < -0.39 is 9.84 Å². The van der Waals surface area contributed by atoms with Gasteiger partial charge in [0, 0.05) is 0 Å². The number of methoxy groups -OCH3 is 1. The van der Waals surface area contributed by atoms with Gasteiger partial charge < -0.3 is 10.1 Å². The van der Waals surface area contributed by atoms with E-state index in [1.807, 2.05) is 19.1 Å². The molecule has 0 unspecified atom stereocenters. The molecule has 1 amide bonds. The number of aryl methyl sites for hydroxylation is 1. The molecule has 3 rings (SSSR count). The molecule has 142 valence electrons. The molecule has 2 aromatic carbocycles. The van der Waals surface area contributed by atoms with E-state index >= 15 is 0 Å². The molecule has 8 heteroatoms. The third-order valence-corrected chi connectivity index (χ3v) is 7.05. The number of thiazole rings is 1. The minimum Gasteiger partial charge on any atom is -0.494 e. The van der Waals surface area contributed by atoms with E-state index in [9.17, 15) is 13.2 Å². The molecule has 0 atom stereocenters. The summed E-state index contributed by atoms with van der Waals surface area (Å²) in [7, 11) is -1.65. The highest BCUT2D eigenvalue weighted by atomic mass is 32.2. The van der Waals surface area contributed by atoms with Gasteiger partial charge in [-0.25, -0.2) is 13.4 Å². The topological polar surface area (TPSA) is 85.4 Å². The number of anilines is 1. The average molecular weight is 405 g/mol. The number of ether oxygens (including phenoxy) is 1. The first-order valence-corrected chi connectivity index (χ1v) is 10.9. The first-order chi connectivity index (χ1) is 12.8. The van der Waals surface area contributed by atoms with Gasteiger partial charge in [0.15, 0.2) is 15.0 Å². The summed E-state index contributed by atoms with van der Waals surface area (Å²) in [6.45, 7) is 3.59. The normalized spacial score (nSPS) is 11.5. The standard InChI is InChI=1S/C19H20N2O4S2/c1-4-27(23,24)14-8-6-13(7-9-14)11-16(22)20-19-21-17-15(25-3)10-5-12(2)18(17)26-19/h5-10H,4,11H2,1-3H3,(H,20,21,22). The zero-order valence-corrected chi connectivity index (χ0v) is 16.9. The van der Waals surface area contributed by atoms with Crippen LogP contribution in [0.2, 0.25) is 0 Å². The highest BCUT2D eigenvalue weighted by Gasteiger charge is 2.14. The lowest BCUT2D eigenvalue weighted by molar-refractivity contribution is -0.115. The summed E-state index contributed by atoms with van der Waals surface area (Å²) in [6.07, 6.45) is 0.137. The number of rotatable bonds is 6.